The largest absolute Gasteiger partial charge is 0.353 e. The van der Waals surface area contributed by atoms with Crippen LogP contribution in [-0.4, -0.2) is 78.4 Å². The number of hydrogen-bond donors (Lipinski definition) is 1. The van der Waals surface area contributed by atoms with Crippen LogP contribution in [0.25, 0.3) is 0 Å². The van der Waals surface area contributed by atoms with Crippen LogP contribution in [0, 0.1) is 52.3 Å². The average molecular weight is 652 g/mol. The minimum Gasteiger partial charge on any atom is -0.353 e. The van der Waals surface area contributed by atoms with Crippen molar-refractivity contribution in [2.75, 3.05) is 32.8 Å². The Hall–Kier alpha value is -1.18. The summed E-state index contributed by atoms with van der Waals surface area (Å²) < 4.78 is 13.5. The van der Waals surface area contributed by atoms with Gasteiger partial charge in [-0.05, 0) is 143 Å². The molecule has 1 N–H and O–H groups in total. The first-order chi connectivity index (χ1) is 22.6. The number of nitrogens with zero attached hydrogens (tertiary/aromatic N) is 2. The van der Waals surface area contributed by atoms with Gasteiger partial charge in [0.15, 0.2) is 5.79 Å². The van der Waals surface area contributed by atoms with Crippen LogP contribution in [0.15, 0.2) is 0 Å². The molecule has 0 aromatic rings. The minimum atomic E-state index is -0.326. The lowest BCUT2D eigenvalue weighted by atomic mass is 9.44. The van der Waals surface area contributed by atoms with Gasteiger partial charge in [-0.1, -0.05) is 34.1 Å². The predicted octanol–water partition coefficient (Wildman–Crippen LogP) is 6.78. The highest BCUT2D eigenvalue weighted by Crippen LogP contribution is 2.71. The van der Waals surface area contributed by atoms with Crippen molar-refractivity contribution in [2.24, 2.45) is 52.3 Å². The molecule has 8 aliphatic rings. The second-order valence-electron chi connectivity index (χ2n) is 18.6. The summed E-state index contributed by atoms with van der Waals surface area (Å²) in [6, 6.07) is 0.841. The first-order valence-corrected chi connectivity index (χ1v) is 20.2. The number of nitrogens with one attached hydrogen (secondary N) is 1. The summed E-state index contributed by atoms with van der Waals surface area (Å²) in [6.45, 7) is 14.9. The van der Waals surface area contributed by atoms with Crippen LogP contribution >= 0.6 is 0 Å². The fourth-order valence-corrected chi connectivity index (χ4v) is 13.7. The molecule has 47 heavy (non-hydrogen) atoms. The summed E-state index contributed by atoms with van der Waals surface area (Å²) in [5.41, 5.74) is 0.735. The van der Waals surface area contributed by atoms with Gasteiger partial charge in [0.05, 0.1) is 12.7 Å². The number of rotatable bonds is 4. The molecule has 7 nitrogen and oxygen atoms in total. The Morgan fingerprint density at radius 1 is 0.809 bits per heavy atom. The number of ether oxygens (including phenoxy) is 2. The standard InChI is InChI=1S/C40H65N3O4/c1-26-10-17-40(46-25-26)27(2)37-34(47-40)23-33-31-9-8-28-22-29(11-15-38(28,3)32(31)12-16-39(33,37)4)41-35(44)24-36(45)43-20-13-30(14-21-43)42-18-6-5-7-19-42/h26-34,37H,5-25H2,1-4H3,(H,41,44)/t26-,27+,28-,29+,31-,32+,33+,34+,37+,38+,39+,40-/m1/s1. The van der Waals surface area contributed by atoms with E-state index in [4.69, 9.17) is 9.47 Å². The normalized spacial score (nSPS) is 48.8. The molecule has 0 radical (unpaired) electrons. The molecule has 4 saturated heterocycles. The maximum absolute atomic E-state index is 13.2. The Bertz CT molecular complexity index is 1170. The van der Waals surface area contributed by atoms with Crippen molar-refractivity contribution in [3.8, 4) is 0 Å². The van der Waals surface area contributed by atoms with E-state index in [1.165, 1.54) is 77.3 Å². The van der Waals surface area contributed by atoms with E-state index in [-0.39, 0.29) is 30.1 Å². The molecule has 2 amide bonds. The van der Waals surface area contributed by atoms with Crippen molar-refractivity contribution >= 4 is 11.8 Å². The molecule has 0 aromatic carbocycles. The zero-order chi connectivity index (χ0) is 32.6. The van der Waals surface area contributed by atoms with Gasteiger partial charge in [0, 0.05) is 37.5 Å². The van der Waals surface area contributed by atoms with Crippen molar-refractivity contribution in [3.63, 3.8) is 0 Å². The molecule has 8 rings (SSSR count). The molecule has 264 valence electrons. The summed E-state index contributed by atoms with van der Waals surface area (Å²) in [5.74, 6) is 4.45. The third-order valence-electron chi connectivity index (χ3n) is 16.3. The van der Waals surface area contributed by atoms with Gasteiger partial charge in [-0.3, -0.25) is 9.59 Å². The van der Waals surface area contributed by atoms with Crippen molar-refractivity contribution < 1.29 is 19.1 Å². The number of hydrogen-bond acceptors (Lipinski definition) is 5. The number of fused-ring (bicyclic) bond motifs is 7. The van der Waals surface area contributed by atoms with Crippen LogP contribution < -0.4 is 5.32 Å². The van der Waals surface area contributed by atoms with Crippen LogP contribution in [-0.2, 0) is 19.1 Å². The minimum absolute atomic E-state index is 0.0198. The molecule has 8 fully saturated rings. The predicted molar refractivity (Wildman–Crippen MR) is 183 cm³/mol. The molecule has 4 saturated carbocycles. The molecule has 0 bridgehead atoms. The molecule has 4 aliphatic heterocycles. The maximum Gasteiger partial charge on any atom is 0.232 e. The lowest BCUT2D eigenvalue weighted by Gasteiger charge is -2.61. The summed E-state index contributed by atoms with van der Waals surface area (Å²) in [5, 5.41) is 3.35. The van der Waals surface area contributed by atoms with Gasteiger partial charge in [-0.15, -0.1) is 0 Å². The van der Waals surface area contributed by atoms with E-state index in [1.54, 1.807) is 0 Å². The first-order valence-electron chi connectivity index (χ1n) is 20.2. The summed E-state index contributed by atoms with van der Waals surface area (Å²) >= 11 is 0. The fourth-order valence-electron chi connectivity index (χ4n) is 13.7. The van der Waals surface area contributed by atoms with E-state index >= 15 is 0 Å². The molecule has 1 spiro atoms. The maximum atomic E-state index is 13.2. The summed E-state index contributed by atoms with van der Waals surface area (Å²) in [7, 11) is 0. The van der Waals surface area contributed by atoms with Crippen LogP contribution in [0.5, 0.6) is 0 Å². The number of piperidine rings is 2. The van der Waals surface area contributed by atoms with Gasteiger partial charge >= 0.3 is 0 Å². The highest BCUT2D eigenvalue weighted by molar-refractivity contribution is 5.97. The lowest BCUT2D eigenvalue weighted by Crippen LogP contribution is -2.56. The fraction of sp³-hybridized carbons (Fsp3) is 0.950. The zero-order valence-electron chi connectivity index (χ0n) is 30.2. The molecular weight excluding hydrogens is 586 g/mol. The quantitative estimate of drug-likeness (QED) is 0.339. The zero-order valence-corrected chi connectivity index (χ0v) is 30.2. The van der Waals surface area contributed by atoms with Crippen LogP contribution in [0.3, 0.4) is 0 Å². The highest BCUT2D eigenvalue weighted by Gasteiger charge is 2.69. The second kappa shape index (κ2) is 12.5. The Kier molecular flexibility index (Phi) is 8.81. The van der Waals surface area contributed by atoms with E-state index in [9.17, 15) is 9.59 Å². The lowest BCUT2D eigenvalue weighted by molar-refractivity contribution is -0.273. The Morgan fingerprint density at radius 2 is 1.57 bits per heavy atom. The molecular formula is C40H65N3O4. The third kappa shape index (κ3) is 5.63. The summed E-state index contributed by atoms with van der Waals surface area (Å²) in [4.78, 5) is 30.9. The Balaban J connectivity index is 0.841. The highest BCUT2D eigenvalue weighted by atomic mass is 16.7. The molecule has 0 aromatic heterocycles. The molecule has 4 aliphatic carbocycles. The Labute approximate surface area is 285 Å². The Morgan fingerprint density at radius 3 is 2.32 bits per heavy atom. The van der Waals surface area contributed by atoms with Crippen LogP contribution in [0.2, 0.25) is 0 Å². The number of amides is 2. The molecule has 12 atom stereocenters. The van der Waals surface area contributed by atoms with Crippen molar-refractivity contribution in [1.29, 1.82) is 0 Å². The number of carbonyl (C=O) groups is 2. The third-order valence-corrected chi connectivity index (χ3v) is 16.3. The SMILES string of the molecule is C[C@@H]1CC[C@@]2(OC1)O[C@H]1C[C@H]3[C@@H]4CC[C@@H]5C[C@@H](NC(=O)CC(=O)N6CCC(N7CCCCC7)CC6)CC[C@]5(C)[C@H]4CC[C@]3(C)[C@H]1[C@@H]2C. The van der Waals surface area contributed by atoms with Gasteiger partial charge in [-0.25, -0.2) is 0 Å². The smallest absolute Gasteiger partial charge is 0.232 e. The van der Waals surface area contributed by atoms with E-state index in [0.29, 0.717) is 46.6 Å². The first kappa shape index (κ1) is 33.0. The van der Waals surface area contributed by atoms with E-state index in [0.717, 1.165) is 69.6 Å². The monoisotopic (exact) mass is 651 g/mol. The second-order valence-corrected chi connectivity index (χ2v) is 18.6. The topological polar surface area (TPSA) is 71.1 Å². The van der Waals surface area contributed by atoms with Gasteiger partial charge < -0.3 is 24.6 Å². The summed E-state index contributed by atoms with van der Waals surface area (Å²) in [6.07, 6.45) is 18.7. The van der Waals surface area contributed by atoms with Crippen LogP contribution in [0.1, 0.15) is 130 Å². The van der Waals surface area contributed by atoms with Crippen molar-refractivity contribution in [1.82, 2.24) is 15.1 Å². The average Bonchev–Trinajstić information content (AvgIpc) is 3.52. The van der Waals surface area contributed by atoms with E-state index in [2.05, 4.69) is 37.9 Å². The van der Waals surface area contributed by atoms with E-state index in [1.807, 2.05) is 4.90 Å². The van der Waals surface area contributed by atoms with Gasteiger partial charge in [-0.2, -0.15) is 0 Å². The number of likely N-dealkylation sites (tertiary alicyclic amines) is 2. The molecule has 7 heteroatoms. The number of carbonyl (C=O) groups excluding carboxylic acids is 2. The van der Waals surface area contributed by atoms with Crippen LogP contribution in [0.4, 0.5) is 0 Å². The van der Waals surface area contributed by atoms with Crippen molar-refractivity contribution in [3.05, 3.63) is 0 Å². The molecule has 4 heterocycles. The van der Waals surface area contributed by atoms with Crippen molar-refractivity contribution in [2.45, 2.75) is 154 Å². The molecule has 0 unspecified atom stereocenters. The van der Waals surface area contributed by atoms with Gasteiger partial charge in [0.1, 0.15) is 6.42 Å². The van der Waals surface area contributed by atoms with Gasteiger partial charge in [0.2, 0.25) is 11.8 Å². The van der Waals surface area contributed by atoms with E-state index < -0.39 is 0 Å². The van der Waals surface area contributed by atoms with Gasteiger partial charge in [0.25, 0.3) is 0 Å².